The van der Waals surface area contributed by atoms with Crippen LogP contribution in [0.2, 0.25) is 0 Å². The van der Waals surface area contributed by atoms with Crippen LogP contribution in [0.3, 0.4) is 0 Å². The van der Waals surface area contributed by atoms with Crippen molar-refractivity contribution >= 4 is 0 Å². The first kappa shape index (κ1) is 12.6. The number of hydrogen-bond acceptors (Lipinski definition) is 2. The van der Waals surface area contributed by atoms with Crippen LogP contribution in [0.15, 0.2) is 0 Å². The minimum atomic E-state index is 1.17. The maximum absolute atomic E-state index is 2.75. The van der Waals surface area contributed by atoms with Crippen LogP contribution in [-0.2, 0) is 0 Å². The molecule has 0 rings (SSSR count). The predicted octanol–water partition coefficient (Wildman–Crippen LogP) is 1.18. The van der Waals surface area contributed by atoms with Gasteiger partial charge in [-0.25, -0.2) is 0 Å². The maximum atomic E-state index is 2.75. The van der Waals surface area contributed by atoms with Gasteiger partial charge < -0.3 is 10.2 Å². The highest BCUT2D eigenvalue weighted by atomic mass is 15.1. The summed E-state index contributed by atoms with van der Waals surface area (Å²) in [7, 11) is 5.89. The molecule has 0 aromatic carbocycles. The van der Waals surface area contributed by atoms with Gasteiger partial charge in [-0.05, 0) is 40.7 Å². The quantitative estimate of drug-likeness (QED) is 0.643. The van der Waals surface area contributed by atoms with E-state index in [4.69, 9.17) is 0 Å². The second kappa shape index (κ2) is 11.7. The lowest BCUT2D eigenvalue weighted by Crippen LogP contribution is -2.17. The van der Waals surface area contributed by atoms with Crippen LogP contribution in [0.5, 0.6) is 0 Å². The average molecular weight is 146 g/mol. The van der Waals surface area contributed by atoms with E-state index in [2.05, 4.69) is 31.1 Å². The van der Waals surface area contributed by atoms with Crippen molar-refractivity contribution < 1.29 is 0 Å². The molecule has 1 N–H and O–H groups in total. The van der Waals surface area contributed by atoms with Crippen LogP contribution >= 0.6 is 0 Å². The van der Waals surface area contributed by atoms with E-state index in [1.807, 2.05) is 14.1 Å². The van der Waals surface area contributed by atoms with Crippen molar-refractivity contribution in [1.82, 2.24) is 10.2 Å². The van der Waals surface area contributed by atoms with Gasteiger partial charge in [0.15, 0.2) is 0 Å². The molecule has 0 saturated heterocycles. The van der Waals surface area contributed by atoms with E-state index in [-0.39, 0.29) is 0 Å². The van der Waals surface area contributed by atoms with Crippen molar-refractivity contribution in [3.8, 4) is 0 Å². The largest absolute Gasteiger partial charge is 0.323 e. The molecule has 0 fully saturated rings. The Kier molecular flexibility index (Phi) is 14.7. The Labute approximate surface area is 65.6 Å². The van der Waals surface area contributed by atoms with Gasteiger partial charge in [0.1, 0.15) is 0 Å². The van der Waals surface area contributed by atoms with E-state index in [0.29, 0.717) is 0 Å². The maximum Gasteiger partial charge on any atom is -0.00245 e. The molecule has 0 aromatic rings. The van der Waals surface area contributed by atoms with Gasteiger partial charge in [0.2, 0.25) is 0 Å². The molecule has 0 aromatic heterocycles. The fourth-order valence-electron chi connectivity index (χ4n) is 0.540. The van der Waals surface area contributed by atoms with Crippen molar-refractivity contribution in [2.45, 2.75) is 20.3 Å². The second-order valence-electron chi connectivity index (χ2n) is 2.40. The van der Waals surface area contributed by atoms with Crippen molar-refractivity contribution in [2.24, 2.45) is 0 Å². The fraction of sp³-hybridized carbons (Fsp3) is 1.00. The van der Waals surface area contributed by atoms with Crippen LogP contribution in [0.4, 0.5) is 0 Å². The van der Waals surface area contributed by atoms with E-state index in [0.717, 1.165) is 0 Å². The Hall–Kier alpha value is -0.0800. The first-order valence-corrected chi connectivity index (χ1v) is 3.99. The third kappa shape index (κ3) is 15.7. The molecular formula is C8H22N2. The Balaban J connectivity index is 0. The van der Waals surface area contributed by atoms with Crippen LogP contribution in [-0.4, -0.2) is 39.1 Å². The topological polar surface area (TPSA) is 15.3 Å². The number of rotatable bonds is 3. The molecule has 64 valence electrons. The van der Waals surface area contributed by atoms with Gasteiger partial charge in [0, 0.05) is 0 Å². The van der Waals surface area contributed by atoms with Crippen LogP contribution in [0, 0.1) is 0 Å². The Morgan fingerprint density at radius 2 is 1.60 bits per heavy atom. The van der Waals surface area contributed by atoms with Gasteiger partial charge in [-0.15, -0.1) is 0 Å². The second-order valence-corrected chi connectivity index (χ2v) is 2.40. The zero-order valence-corrected chi connectivity index (χ0v) is 8.07. The molecule has 0 aliphatic rings. The summed E-state index contributed by atoms with van der Waals surface area (Å²) in [6, 6.07) is 0. The summed E-state index contributed by atoms with van der Waals surface area (Å²) in [5.74, 6) is 0. The Bertz CT molecular complexity index is 46.5. The smallest absolute Gasteiger partial charge is 0.00245 e. The number of nitrogens with one attached hydrogen (secondary N) is 1. The van der Waals surface area contributed by atoms with Gasteiger partial charge in [0.25, 0.3) is 0 Å². The van der Waals surface area contributed by atoms with E-state index in [9.17, 15) is 0 Å². The molecule has 0 heterocycles. The van der Waals surface area contributed by atoms with Crippen LogP contribution < -0.4 is 5.32 Å². The lowest BCUT2D eigenvalue weighted by atomic mass is 10.4. The van der Waals surface area contributed by atoms with Crippen molar-refractivity contribution in [2.75, 3.05) is 34.2 Å². The average Bonchev–Trinajstić information content (AvgIpc) is 1.90. The summed E-state index contributed by atoms with van der Waals surface area (Å²) in [4.78, 5) is 2.31. The SMILES string of the molecule is CCCN(C)CC.CNC. The number of nitrogens with zero attached hydrogens (tertiary/aromatic N) is 1. The highest BCUT2D eigenvalue weighted by Gasteiger charge is 1.86. The first-order valence-electron chi connectivity index (χ1n) is 3.99. The lowest BCUT2D eigenvalue weighted by Gasteiger charge is -2.10. The molecule has 0 aliphatic heterocycles. The summed E-state index contributed by atoms with van der Waals surface area (Å²) in [6.07, 6.45) is 1.27. The van der Waals surface area contributed by atoms with Gasteiger partial charge in [-0.2, -0.15) is 0 Å². The van der Waals surface area contributed by atoms with Crippen molar-refractivity contribution in [3.05, 3.63) is 0 Å². The molecule has 2 nitrogen and oxygen atoms in total. The summed E-state index contributed by atoms with van der Waals surface area (Å²) in [5, 5.41) is 2.75. The van der Waals surface area contributed by atoms with Gasteiger partial charge in [-0.3, -0.25) is 0 Å². The zero-order valence-electron chi connectivity index (χ0n) is 8.07. The van der Waals surface area contributed by atoms with E-state index in [1.54, 1.807) is 0 Å². The summed E-state index contributed by atoms with van der Waals surface area (Å²) in [5.41, 5.74) is 0. The predicted molar refractivity (Wildman–Crippen MR) is 48.4 cm³/mol. The molecule has 2 heteroatoms. The molecule has 0 atom stereocenters. The van der Waals surface area contributed by atoms with Crippen LogP contribution in [0.25, 0.3) is 0 Å². The first-order chi connectivity index (χ1) is 4.72. The molecule has 0 aliphatic carbocycles. The summed E-state index contributed by atoms with van der Waals surface area (Å²) < 4.78 is 0. The monoisotopic (exact) mass is 146 g/mol. The molecule has 0 spiro atoms. The summed E-state index contributed by atoms with van der Waals surface area (Å²) >= 11 is 0. The Morgan fingerprint density at radius 1 is 1.20 bits per heavy atom. The fourth-order valence-corrected chi connectivity index (χ4v) is 0.540. The normalized spacial score (nSPS) is 9.00. The van der Waals surface area contributed by atoms with Gasteiger partial charge in [-0.1, -0.05) is 13.8 Å². The molecule has 0 unspecified atom stereocenters. The lowest BCUT2D eigenvalue weighted by molar-refractivity contribution is 0.353. The van der Waals surface area contributed by atoms with E-state index < -0.39 is 0 Å². The zero-order chi connectivity index (χ0) is 8.41. The van der Waals surface area contributed by atoms with Gasteiger partial charge in [0.05, 0.1) is 0 Å². The highest BCUT2D eigenvalue weighted by Crippen LogP contribution is 1.81. The Morgan fingerprint density at radius 3 is 1.70 bits per heavy atom. The van der Waals surface area contributed by atoms with Crippen molar-refractivity contribution in [1.29, 1.82) is 0 Å². The van der Waals surface area contributed by atoms with Crippen molar-refractivity contribution in [3.63, 3.8) is 0 Å². The minimum absolute atomic E-state index is 1.17. The molecule has 10 heavy (non-hydrogen) atoms. The van der Waals surface area contributed by atoms with E-state index >= 15 is 0 Å². The molecule has 0 saturated carbocycles. The molecule has 0 bridgehead atoms. The molecule has 0 radical (unpaired) electrons. The minimum Gasteiger partial charge on any atom is -0.323 e. The molecule has 0 amide bonds. The molecular weight excluding hydrogens is 124 g/mol. The van der Waals surface area contributed by atoms with E-state index in [1.165, 1.54) is 19.5 Å². The number of hydrogen-bond donors (Lipinski definition) is 1. The third-order valence-electron chi connectivity index (χ3n) is 1.15. The standard InChI is InChI=1S/C6H15N.C2H7N/c1-4-6-7(3)5-2;1-3-2/h4-6H2,1-3H3;3H,1-2H3. The van der Waals surface area contributed by atoms with Gasteiger partial charge >= 0.3 is 0 Å². The third-order valence-corrected chi connectivity index (χ3v) is 1.15. The summed E-state index contributed by atoms with van der Waals surface area (Å²) in [6.45, 7) is 6.78. The van der Waals surface area contributed by atoms with Crippen LogP contribution in [0.1, 0.15) is 20.3 Å². The highest BCUT2D eigenvalue weighted by molar-refractivity contribution is 4.41.